The molecule has 1 amide bonds. The number of esters is 1. The molecule has 1 spiro atoms. The minimum atomic E-state index is -0.497. The van der Waals surface area contributed by atoms with E-state index in [4.69, 9.17) is 19.4 Å². The van der Waals surface area contributed by atoms with E-state index in [1.165, 1.54) is 12.3 Å². The Labute approximate surface area is 264 Å². The SMILES string of the molecule is C=CC(=O)Nc1cc(Nc2ncc(C(=O)OC(C)C)c(N3CC4(CCC4)c4ncccc43)n2)c(OC)cc1N(C)CCN(C)C. The van der Waals surface area contributed by atoms with Gasteiger partial charge in [-0.1, -0.05) is 13.0 Å². The van der Waals surface area contributed by atoms with Crippen LogP contribution in [0.3, 0.4) is 0 Å². The van der Waals surface area contributed by atoms with E-state index in [0.29, 0.717) is 36.0 Å². The third-order valence-electron chi connectivity index (χ3n) is 8.24. The van der Waals surface area contributed by atoms with Crippen LogP contribution in [0.1, 0.15) is 49.2 Å². The molecule has 0 saturated heterocycles. The number of fused-ring (bicyclic) bond motifs is 2. The fourth-order valence-corrected chi connectivity index (χ4v) is 5.76. The molecule has 0 atom stereocenters. The lowest BCUT2D eigenvalue weighted by Crippen LogP contribution is -2.39. The summed E-state index contributed by atoms with van der Waals surface area (Å²) in [5.41, 5.74) is 4.03. The van der Waals surface area contributed by atoms with Crippen LogP contribution in [-0.4, -0.2) is 85.7 Å². The summed E-state index contributed by atoms with van der Waals surface area (Å²) < 4.78 is 11.4. The third kappa shape index (κ3) is 6.56. The molecule has 1 saturated carbocycles. The van der Waals surface area contributed by atoms with Crippen LogP contribution < -0.4 is 25.2 Å². The van der Waals surface area contributed by atoms with Crippen molar-refractivity contribution in [3.05, 3.63) is 60.6 Å². The lowest BCUT2D eigenvalue weighted by molar-refractivity contribution is -0.111. The molecule has 45 heavy (non-hydrogen) atoms. The van der Waals surface area contributed by atoms with E-state index in [-0.39, 0.29) is 28.9 Å². The van der Waals surface area contributed by atoms with Crippen LogP contribution in [0.2, 0.25) is 0 Å². The number of carbonyl (C=O) groups is 2. The van der Waals surface area contributed by atoms with Crippen molar-refractivity contribution in [1.82, 2.24) is 19.9 Å². The van der Waals surface area contributed by atoms with Crippen molar-refractivity contribution in [2.75, 3.05) is 68.3 Å². The van der Waals surface area contributed by atoms with Gasteiger partial charge in [0.2, 0.25) is 11.9 Å². The van der Waals surface area contributed by atoms with Crippen LogP contribution >= 0.6 is 0 Å². The van der Waals surface area contributed by atoms with Gasteiger partial charge in [-0.2, -0.15) is 4.98 Å². The molecule has 1 aromatic carbocycles. The number of benzene rings is 1. The van der Waals surface area contributed by atoms with Gasteiger partial charge in [-0.15, -0.1) is 0 Å². The van der Waals surface area contributed by atoms with E-state index in [1.54, 1.807) is 13.2 Å². The molecule has 1 aliphatic heterocycles. The number of likely N-dealkylation sites (N-methyl/N-ethyl adjacent to an activating group) is 2. The zero-order valence-corrected chi connectivity index (χ0v) is 26.9. The Kier molecular flexibility index (Phi) is 9.24. The molecule has 3 heterocycles. The van der Waals surface area contributed by atoms with Crippen molar-refractivity contribution in [3.63, 3.8) is 0 Å². The molecule has 0 bridgehead atoms. The molecule has 3 aromatic rings. The van der Waals surface area contributed by atoms with E-state index < -0.39 is 5.97 Å². The first-order valence-electron chi connectivity index (χ1n) is 15.1. The van der Waals surface area contributed by atoms with Crippen molar-refractivity contribution in [2.45, 2.75) is 44.6 Å². The van der Waals surface area contributed by atoms with Gasteiger partial charge >= 0.3 is 5.97 Å². The molecule has 1 fully saturated rings. The molecule has 2 aromatic heterocycles. The summed E-state index contributed by atoms with van der Waals surface area (Å²) in [5, 5.41) is 6.18. The van der Waals surface area contributed by atoms with Crippen LogP contribution in [0.25, 0.3) is 0 Å². The van der Waals surface area contributed by atoms with Crippen LogP contribution in [0.4, 0.5) is 34.5 Å². The largest absolute Gasteiger partial charge is 0.494 e. The van der Waals surface area contributed by atoms with Crippen molar-refractivity contribution < 1.29 is 19.1 Å². The summed E-state index contributed by atoms with van der Waals surface area (Å²) in [5.74, 6) is 0.375. The van der Waals surface area contributed by atoms with Gasteiger partial charge in [0.15, 0.2) is 5.82 Å². The Bertz CT molecular complexity index is 1590. The molecule has 0 radical (unpaired) electrons. The zero-order chi connectivity index (χ0) is 32.3. The molecule has 5 rings (SSSR count). The van der Waals surface area contributed by atoms with Crippen LogP contribution in [0.5, 0.6) is 5.75 Å². The Morgan fingerprint density at radius 1 is 1.16 bits per heavy atom. The highest BCUT2D eigenvalue weighted by Crippen LogP contribution is 2.53. The van der Waals surface area contributed by atoms with Gasteiger partial charge in [0.05, 0.1) is 41.7 Å². The number of aromatic nitrogens is 3. The highest BCUT2D eigenvalue weighted by atomic mass is 16.5. The van der Waals surface area contributed by atoms with Gasteiger partial charge < -0.3 is 34.8 Å². The molecule has 1 aliphatic carbocycles. The lowest BCUT2D eigenvalue weighted by atomic mass is 9.67. The molecule has 238 valence electrons. The second-order valence-electron chi connectivity index (χ2n) is 12.1. The van der Waals surface area contributed by atoms with Crippen molar-refractivity contribution in [2.24, 2.45) is 0 Å². The van der Waals surface area contributed by atoms with E-state index in [2.05, 4.69) is 32.0 Å². The van der Waals surface area contributed by atoms with Gasteiger partial charge in [0, 0.05) is 50.6 Å². The normalized spacial score (nSPS) is 14.6. The molecule has 0 unspecified atom stereocenters. The Hall–Kier alpha value is -4.71. The molecule has 12 nitrogen and oxygen atoms in total. The first kappa shape index (κ1) is 31.7. The maximum atomic E-state index is 13.3. The second kappa shape index (κ2) is 13.1. The first-order chi connectivity index (χ1) is 21.5. The van der Waals surface area contributed by atoms with Crippen molar-refractivity contribution in [1.29, 1.82) is 0 Å². The maximum absolute atomic E-state index is 13.3. The van der Waals surface area contributed by atoms with Gasteiger partial charge in [-0.25, -0.2) is 9.78 Å². The molecular weight excluding hydrogens is 572 g/mol. The fourth-order valence-electron chi connectivity index (χ4n) is 5.76. The molecule has 2 N–H and O–H groups in total. The number of hydrogen-bond acceptors (Lipinski definition) is 11. The minimum Gasteiger partial charge on any atom is -0.494 e. The summed E-state index contributed by atoms with van der Waals surface area (Å²) >= 11 is 0. The number of anilines is 6. The molecular formula is C33H42N8O4. The van der Waals surface area contributed by atoms with Gasteiger partial charge in [0.25, 0.3) is 0 Å². The van der Waals surface area contributed by atoms with Crippen LogP contribution in [0.15, 0.2) is 49.3 Å². The molecule has 12 heteroatoms. The Balaban J connectivity index is 1.56. The lowest BCUT2D eigenvalue weighted by Gasteiger charge is -2.38. The van der Waals surface area contributed by atoms with Gasteiger partial charge in [-0.05, 0) is 65.1 Å². The summed E-state index contributed by atoms with van der Waals surface area (Å²) in [7, 11) is 7.55. The monoisotopic (exact) mass is 614 g/mol. The minimum absolute atomic E-state index is 0.0652. The highest BCUT2D eigenvalue weighted by molar-refractivity contribution is 6.02. The van der Waals surface area contributed by atoms with E-state index in [0.717, 1.165) is 42.9 Å². The maximum Gasteiger partial charge on any atom is 0.343 e. The van der Waals surface area contributed by atoms with Crippen molar-refractivity contribution in [3.8, 4) is 5.75 Å². The fraction of sp³-hybridized carbons (Fsp3) is 0.424. The number of pyridine rings is 1. The smallest absolute Gasteiger partial charge is 0.343 e. The number of hydrogen-bond donors (Lipinski definition) is 2. The van der Waals surface area contributed by atoms with E-state index >= 15 is 0 Å². The number of ether oxygens (including phenoxy) is 2. The summed E-state index contributed by atoms with van der Waals surface area (Å²) in [4.78, 5) is 46.0. The van der Waals surface area contributed by atoms with Crippen LogP contribution in [-0.2, 0) is 14.9 Å². The number of carbonyl (C=O) groups excluding carboxylic acids is 2. The average Bonchev–Trinajstić information content (AvgIpc) is 3.36. The highest BCUT2D eigenvalue weighted by Gasteiger charge is 2.49. The van der Waals surface area contributed by atoms with Crippen LogP contribution in [0, 0.1) is 0 Å². The van der Waals surface area contributed by atoms with E-state index in [1.807, 2.05) is 64.3 Å². The second-order valence-corrected chi connectivity index (χ2v) is 12.1. The van der Waals surface area contributed by atoms with E-state index in [9.17, 15) is 9.59 Å². The van der Waals surface area contributed by atoms with Crippen molar-refractivity contribution >= 4 is 46.4 Å². The van der Waals surface area contributed by atoms with Gasteiger partial charge in [0.1, 0.15) is 11.3 Å². The summed E-state index contributed by atoms with van der Waals surface area (Å²) in [6.45, 7) is 9.40. The third-order valence-corrected chi connectivity index (χ3v) is 8.24. The Morgan fingerprint density at radius 2 is 1.93 bits per heavy atom. The average molecular weight is 615 g/mol. The number of rotatable bonds is 12. The standard InChI is InChI=1S/C33H42N8O4/c1-8-28(42)36-23-17-24(27(44-7)18-26(23)40(6)16-15-39(4)5)37-32-35-19-22(31(43)45-21(2)3)30(38-32)41-20-33(12-10-13-33)29-25(41)11-9-14-34-29/h8-9,11,14,17-19,21H,1,10,12-13,15-16,20H2,2-7H3,(H,36,42)(H,35,37,38). The Morgan fingerprint density at radius 3 is 2.58 bits per heavy atom. The zero-order valence-electron chi connectivity index (χ0n) is 26.9. The predicted molar refractivity (Wildman–Crippen MR) is 176 cm³/mol. The number of amides is 1. The van der Waals surface area contributed by atoms with Gasteiger partial charge in [-0.3, -0.25) is 9.78 Å². The summed E-state index contributed by atoms with van der Waals surface area (Å²) in [6.07, 6.45) is 7.42. The summed E-state index contributed by atoms with van der Waals surface area (Å²) in [6, 6.07) is 7.56. The number of methoxy groups -OCH3 is 1. The molecule has 2 aliphatic rings. The number of nitrogens with one attached hydrogen (secondary N) is 2. The predicted octanol–water partition coefficient (Wildman–Crippen LogP) is 4.88. The number of nitrogens with zero attached hydrogens (tertiary/aromatic N) is 6. The topological polar surface area (TPSA) is 125 Å². The first-order valence-corrected chi connectivity index (χ1v) is 15.1. The quantitative estimate of drug-likeness (QED) is 0.214.